The van der Waals surface area contributed by atoms with Gasteiger partial charge in [-0.15, -0.1) is 0 Å². The molecule has 0 saturated carbocycles. The van der Waals surface area contributed by atoms with E-state index in [1.807, 2.05) is 30.3 Å². The molecule has 0 aromatic heterocycles. The summed E-state index contributed by atoms with van der Waals surface area (Å²) in [6, 6.07) is 13.6. The van der Waals surface area contributed by atoms with Gasteiger partial charge in [0, 0.05) is 0 Å². The zero-order chi connectivity index (χ0) is 17.4. The Bertz CT molecular complexity index is 735. The second-order valence-corrected chi connectivity index (χ2v) is 5.13. The Kier molecular flexibility index (Phi) is 6.25. The minimum absolute atomic E-state index is 0.0361. The van der Waals surface area contributed by atoms with Crippen LogP contribution in [0.2, 0.25) is 0 Å². The van der Waals surface area contributed by atoms with Gasteiger partial charge in [-0.2, -0.15) is 0 Å². The van der Waals surface area contributed by atoms with Crippen molar-refractivity contribution < 1.29 is 19.3 Å². The Hall–Kier alpha value is -2.96. The van der Waals surface area contributed by atoms with Gasteiger partial charge in [0.15, 0.2) is 0 Å². The van der Waals surface area contributed by atoms with Gasteiger partial charge in [0.05, 0.1) is 0 Å². The number of phenolic OH excluding ortho intramolecular Hbond substituents is 1. The number of nitrogens with zero attached hydrogens (tertiary/aromatic N) is 1. The predicted octanol–water partition coefficient (Wildman–Crippen LogP) is 1.45. The molecule has 2 aromatic carbocycles. The fourth-order valence-corrected chi connectivity index (χ4v) is 2.14. The molecule has 122 valence electrons. The van der Waals surface area contributed by atoms with Crippen LogP contribution < -0.4 is 10.5 Å². The number of rotatable bonds is 8. The Labute approximate surface area is 140 Å². The number of nitrogens with two attached hydrogens (primary N) is 1. The Morgan fingerprint density at radius 1 is 1.25 bits per heavy atom. The topological polar surface area (TPSA) is 102 Å². The van der Waals surface area contributed by atoms with Gasteiger partial charge >= 0.3 is 121 Å². The monoisotopic (exact) mass is 324 g/mol. The Morgan fingerprint density at radius 2 is 2.00 bits per heavy atom. The van der Waals surface area contributed by atoms with Crippen LogP contribution in [0, 0.1) is 0 Å². The molecule has 0 heterocycles. The van der Waals surface area contributed by atoms with Crippen molar-refractivity contribution in [2.45, 2.75) is 19.1 Å². The molecular formula is C17H17BN2O4. The molecule has 0 saturated heterocycles. The van der Waals surface area contributed by atoms with E-state index in [4.69, 9.17) is 10.5 Å². The molecular weight excluding hydrogens is 307 g/mol. The molecule has 1 atom stereocenters. The molecule has 1 amide bonds. The number of primary amides is 1. The number of benzene rings is 2. The third kappa shape index (κ3) is 5.05. The van der Waals surface area contributed by atoms with Gasteiger partial charge in [0.2, 0.25) is 0 Å². The molecule has 0 fully saturated rings. The number of hydrogen-bond donors (Lipinski definition) is 2. The fraction of sp³-hybridized carbons (Fsp3) is 0.176. The number of ether oxygens (including phenoxy) is 1. The molecule has 3 N–H and O–H groups in total. The first-order valence-corrected chi connectivity index (χ1v) is 7.35. The van der Waals surface area contributed by atoms with E-state index >= 15 is 0 Å². The van der Waals surface area contributed by atoms with Crippen LogP contribution in [-0.4, -0.2) is 30.3 Å². The van der Waals surface area contributed by atoms with Crippen LogP contribution in [0.25, 0.3) is 0 Å². The summed E-state index contributed by atoms with van der Waals surface area (Å²) in [5, 5.41) is 10.1. The summed E-state index contributed by atoms with van der Waals surface area (Å²) in [5.41, 5.74) is 6.89. The van der Waals surface area contributed by atoms with Crippen LogP contribution in [0.1, 0.15) is 11.1 Å². The van der Waals surface area contributed by atoms with E-state index in [-0.39, 0.29) is 12.2 Å². The summed E-state index contributed by atoms with van der Waals surface area (Å²) in [7, 11) is 0.480. The normalized spacial score (nSPS) is 11.8. The van der Waals surface area contributed by atoms with E-state index < -0.39 is 11.9 Å². The summed E-state index contributed by atoms with van der Waals surface area (Å²) in [4.78, 5) is 15.1. The zero-order valence-corrected chi connectivity index (χ0v) is 13.0. The molecule has 0 bridgehead atoms. The summed E-state index contributed by atoms with van der Waals surface area (Å²) in [6.07, 6.45) is 1.18. The van der Waals surface area contributed by atoms with Gasteiger partial charge in [0.1, 0.15) is 0 Å². The van der Waals surface area contributed by atoms with Crippen molar-refractivity contribution >= 4 is 19.2 Å². The third-order valence-corrected chi connectivity index (χ3v) is 3.34. The van der Waals surface area contributed by atoms with Crippen LogP contribution in [0.15, 0.2) is 53.5 Å². The predicted molar refractivity (Wildman–Crippen MR) is 90.5 cm³/mol. The molecule has 6 nitrogen and oxygen atoms in total. The van der Waals surface area contributed by atoms with Crippen molar-refractivity contribution in [2.24, 2.45) is 10.7 Å². The van der Waals surface area contributed by atoms with Gasteiger partial charge in [0.25, 0.3) is 0 Å². The fourth-order valence-electron chi connectivity index (χ4n) is 2.14. The van der Waals surface area contributed by atoms with Crippen LogP contribution in [0.4, 0.5) is 0 Å². The molecule has 0 aliphatic heterocycles. The molecule has 0 unspecified atom stereocenters. The van der Waals surface area contributed by atoms with E-state index in [0.29, 0.717) is 25.1 Å². The summed E-state index contributed by atoms with van der Waals surface area (Å²) >= 11 is 0. The number of aliphatic imine (C=N–C) groups is 1. The van der Waals surface area contributed by atoms with E-state index in [1.165, 1.54) is 6.07 Å². The SMILES string of the molecule is NC(=O)[C@H](Cc1ccc(OCc2ccccc2)c(O)c1)N=CB=O. The van der Waals surface area contributed by atoms with E-state index in [2.05, 4.69) is 4.99 Å². The number of aromatic hydroxyl groups is 1. The number of carbonyl (C=O) groups excluding carboxylic acids is 1. The Morgan fingerprint density at radius 3 is 2.62 bits per heavy atom. The molecule has 0 spiro atoms. The quantitative estimate of drug-likeness (QED) is 0.566. The van der Waals surface area contributed by atoms with Crippen molar-refractivity contribution in [3.8, 4) is 11.5 Å². The first-order chi connectivity index (χ1) is 11.6. The van der Waals surface area contributed by atoms with E-state index in [0.717, 1.165) is 11.7 Å². The number of carbonyl (C=O) groups is 1. The van der Waals surface area contributed by atoms with Gasteiger partial charge in [-0.3, -0.25) is 0 Å². The molecule has 0 aliphatic rings. The molecule has 2 rings (SSSR count). The Balaban J connectivity index is 2.04. The molecule has 0 radical (unpaired) electrons. The number of hydrogen-bond acceptors (Lipinski definition) is 5. The van der Waals surface area contributed by atoms with Gasteiger partial charge in [-0.25, -0.2) is 0 Å². The van der Waals surface area contributed by atoms with Crippen molar-refractivity contribution in [3.63, 3.8) is 0 Å². The van der Waals surface area contributed by atoms with Crippen molar-refractivity contribution in [3.05, 3.63) is 59.7 Å². The van der Waals surface area contributed by atoms with Crippen molar-refractivity contribution in [1.29, 1.82) is 0 Å². The average molecular weight is 324 g/mol. The second-order valence-electron chi connectivity index (χ2n) is 5.13. The average Bonchev–Trinajstić information content (AvgIpc) is 2.58. The van der Waals surface area contributed by atoms with Crippen LogP contribution in [0.5, 0.6) is 11.5 Å². The standard InChI is InChI=1S/C17H17BN2O4/c19-17(22)14(20-11-18-23)8-13-6-7-16(15(21)9-13)24-10-12-4-2-1-3-5-12/h1-7,9,11,14,21H,8,10H2,(H2,19,22)/t14-/m0/s1. The maximum atomic E-state index is 11.3. The summed E-state index contributed by atoms with van der Waals surface area (Å²) in [5.74, 6) is -0.336. The van der Waals surface area contributed by atoms with Gasteiger partial charge in [-0.05, 0) is 0 Å². The molecule has 2 aromatic rings. The molecule has 24 heavy (non-hydrogen) atoms. The van der Waals surface area contributed by atoms with Gasteiger partial charge in [-0.1, -0.05) is 18.2 Å². The van der Waals surface area contributed by atoms with Crippen LogP contribution in [-0.2, 0) is 22.5 Å². The summed E-state index contributed by atoms with van der Waals surface area (Å²) in [6.45, 7) is 0.335. The minimum atomic E-state index is -0.856. The maximum absolute atomic E-state index is 11.3. The van der Waals surface area contributed by atoms with E-state index in [1.54, 1.807) is 12.1 Å². The van der Waals surface area contributed by atoms with E-state index in [9.17, 15) is 14.6 Å². The van der Waals surface area contributed by atoms with Crippen LogP contribution >= 0.6 is 0 Å². The van der Waals surface area contributed by atoms with Crippen LogP contribution in [0.3, 0.4) is 0 Å². The summed E-state index contributed by atoms with van der Waals surface area (Å²) < 4.78 is 15.9. The third-order valence-electron chi connectivity index (χ3n) is 3.34. The molecule has 0 aliphatic carbocycles. The number of amides is 1. The zero-order valence-electron chi connectivity index (χ0n) is 13.0. The first kappa shape index (κ1) is 17.4. The van der Waals surface area contributed by atoms with Crippen molar-refractivity contribution in [1.82, 2.24) is 0 Å². The molecule has 7 heteroatoms. The van der Waals surface area contributed by atoms with Crippen molar-refractivity contribution in [2.75, 3.05) is 0 Å². The first-order valence-electron chi connectivity index (χ1n) is 7.35. The second kappa shape index (κ2) is 8.62. The van der Waals surface area contributed by atoms with Gasteiger partial charge < -0.3 is 0 Å². The number of phenols is 1.